The number of hydrogen-bond donors (Lipinski definition) is 1. The number of hydrogen-bond acceptors (Lipinski definition) is 2. The van der Waals surface area contributed by atoms with Crippen LogP contribution in [-0.2, 0) is 6.61 Å². The minimum atomic E-state index is -0.462. The van der Waals surface area contributed by atoms with Gasteiger partial charge in [0, 0.05) is 11.6 Å². The number of rotatable bonds is 4. The van der Waals surface area contributed by atoms with Crippen LogP contribution in [0.5, 0.6) is 5.75 Å². The van der Waals surface area contributed by atoms with Gasteiger partial charge in [0.25, 0.3) is 0 Å². The standard InChI is InChI=1S/C16H16FNOS/c1-10-4-3-5-11(2)14(10)9-19-12-6-7-13(16(18)20)15(17)8-12/h3-8H,9H2,1-2H3,(H2,18,20). The summed E-state index contributed by atoms with van der Waals surface area (Å²) in [6.07, 6.45) is 0. The van der Waals surface area contributed by atoms with Crippen molar-refractivity contribution in [2.75, 3.05) is 0 Å². The number of benzene rings is 2. The van der Waals surface area contributed by atoms with Gasteiger partial charge in [0.1, 0.15) is 23.2 Å². The van der Waals surface area contributed by atoms with Gasteiger partial charge in [0.15, 0.2) is 0 Å². The van der Waals surface area contributed by atoms with Gasteiger partial charge in [-0.05, 0) is 42.7 Å². The SMILES string of the molecule is Cc1cccc(C)c1COc1ccc(C(N)=S)c(F)c1. The van der Waals surface area contributed by atoms with E-state index in [2.05, 4.69) is 0 Å². The Labute approximate surface area is 123 Å². The molecular formula is C16H16FNOS. The lowest BCUT2D eigenvalue weighted by Crippen LogP contribution is -2.11. The van der Waals surface area contributed by atoms with Crippen molar-refractivity contribution in [2.45, 2.75) is 20.5 Å². The Hall–Kier alpha value is -1.94. The summed E-state index contributed by atoms with van der Waals surface area (Å²) in [6.45, 7) is 4.47. The molecule has 2 rings (SSSR count). The second-order valence-corrected chi connectivity index (χ2v) is 5.10. The van der Waals surface area contributed by atoms with Gasteiger partial charge in [-0.15, -0.1) is 0 Å². The molecule has 2 aromatic rings. The van der Waals surface area contributed by atoms with E-state index in [0.717, 1.165) is 16.7 Å². The van der Waals surface area contributed by atoms with Gasteiger partial charge in [0.2, 0.25) is 0 Å². The Kier molecular flexibility index (Phi) is 4.35. The molecule has 0 radical (unpaired) electrons. The first-order valence-corrected chi connectivity index (χ1v) is 6.67. The predicted molar refractivity (Wildman–Crippen MR) is 82.5 cm³/mol. The van der Waals surface area contributed by atoms with Crippen molar-refractivity contribution >= 4 is 17.2 Å². The molecular weight excluding hydrogens is 273 g/mol. The van der Waals surface area contributed by atoms with Crippen molar-refractivity contribution in [1.82, 2.24) is 0 Å². The molecule has 0 aliphatic heterocycles. The van der Waals surface area contributed by atoms with E-state index < -0.39 is 5.82 Å². The van der Waals surface area contributed by atoms with Crippen molar-refractivity contribution in [3.63, 3.8) is 0 Å². The van der Waals surface area contributed by atoms with Gasteiger partial charge in [-0.2, -0.15) is 0 Å². The van der Waals surface area contributed by atoms with Crippen molar-refractivity contribution in [3.8, 4) is 5.75 Å². The van der Waals surface area contributed by atoms with E-state index >= 15 is 0 Å². The summed E-state index contributed by atoms with van der Waals surface area (Å²) in [5.74, 6) is 0.00154. The fourth-order valence-electron chi connectivity index (χ4n) is 2.02. The topological polar surface area (TPSA) is 35.2 Å². The number of aryl methyl sites for hydroxylation is 2. The molecule has 2 N–H and O–H groups in total. The predicted octanol–water partition coefficient (Wildman–Crippen LogP) is 3.66. The van der Waals surface area contributed by atoms with Gasteiger partial charge < -0.3 is 10.5 Å². The molecule has 0 spiro atoms. The minimum Gasteiger partial charge on any atom is -0.489 e. The summed E-state index contributed by atoms with van der Waals surface area (Å²) in [4.78, 5) is 0.0452. The largest absolute Gasteiger partial charge is 0.489 e. The lowest BCUT2D eigenvalue weighted by molar-refractivity contribution is 0.303. The molecule has 0 aliphatic rings. The van der Waals surface area contributed by atoms with Crippen LogP contribution in [0.15, 0.2) is 36.4 Å². The highest BCUT2D eigenvalue weighted by Crippen LogP contribution is 2.20. The molecule has 0 aromatic heterocycles. The molecule has 0 atom stereocenters. The average molecular weight is 289 g/mol. The van der Waals surface area contributed by atoms with Crippen LogP contribution >= 0.6 is 12.2 Å². The first-order valence-electron chi connectivity index (χ1n) is 6.26. The molecule has 0 fully saturated rings. The quantitative estimate of drug-likeness (QED) is 0.873. The smallest absolute Gasteiger partial charge is 0.137 e. The molecule has 0 amide bonds. The Balaban J connectivity index is 2.16. The van der Waals surface area contributed by atoms with Crippen LogP contribution in [-0.4, -0.2) is 4.99 Å². The van der Waals surface area contributed by atoms with Crippen molar-refractivity contribution in [3.05, 3.63) is 64.5 Å². The van der Waals surface area contributed by atoms with Gasteiger partial charge in [-0.1, -0.05) is 30.4 Å². The van der Waals surface area contributed by atoms with Gasteiger partial charge in [0.05, 0.1) is 0 Å². The van der Waals surface area contributed by atoms with E-state index in [1.807, 2.05) is 32.0 Å². The number of ether oxygens (including phenoxy) is 1. The normalized spacial score (nSPS) is 10.3. The van der Waals surface area contributed by atoms with E-state index in [1.165, 1.54) is 12.1 Å². The monoisotopic (exact) mass is 289 g/mol. The molecule has 0 saturated heterocycles. The zero-order valence-electron chi connectivity index (χ0n) is 11.4. The molecule has 104 valence electrons. The van der Waals surface area contributed by atoms with Crippen LogP contribution in [0.4, 0.5) is 4.39 Å². The minimum absolute atomic E-state index is 0.0452. The van der Waals surface area contributed by atoms with Gasteiger partial charge in [-0.3, -0.25) is 0 Å². The summed E-state index contributed by atoms with van der Waals surface area (Å²) in [7, 11) is 0. The second kappa shape index (κ2) is 6.01. The second-order valence-electron chi connectivity index (χ2n) is 4.66. The fourth-order valence-corrected chi connectivity index (χ4v) is 2.18. The third-order valence-electron chi connectivity index (χ3n) is 3.23. The number of nitrogens with two attached hydrogens (primary N) is 1. The first-order chi connectivity index (χ1) is 9.49. The highest BCUT2D eigenvalue weighted by molar-refractivity contribution is 7.80. The average Bonchev–Trinajstić information content (AvgIpc) is 2.37. The number of halogens is 1. The summed E-state index contributed by atoms with van der Waals surface area (Å²) in [6, 6.07) is 10.6. The highest BCUT2D eigenvalue weighted by Gasteiger charge is 2.08. The van der Waals surface area contributed by atoms with Crippen LogP contribution in [0.1, 0.15) is 22.3 Å². The van der Waals surface area contributed by atoms with Gasteiger partial charge in [-0.25, -0.2) is 4.39 Å². The highest BCUT2D eigenvalue weighted by atomic mass is 32.1. The molecule has 0 heterocycles. The molecule has 4 heteroatoms. The Morgan fingerprint density at radius 3 is 2.40 bits per heavy atom. The molecule has 2 nitrogen and oxygen atoms in total. The van der Waals surface area contributed by atoms with E-state index in [1.54, 1.807) is 6.07 Å². The van der Waals surface area contributed by atoms with Crippen LogP contribution in [0.3, 0.4) is 0 Å². The zero-order chi connectivity index (χ0) is 14.7. The van der Waals surface area contributed by atoms with Crippen LogP contribution in [0.2, 0.25) is 0 Å². The third-order valence-corrected chi connectivity index (χ3v) is 3.45. The Morgan fingerprint density at radius 2 is 1.85 bits per heavy atom. The van der Waals surface area contributed by atoms with E-state index in [0.29, 0.717) is 12.4 Å². The van der Waals surface area contributed by atoms with E-state index in [-0.39, 0.29) is 10.6 Å². The third kappa shape index (κ3) is 3.14. The van der Waals surface area contributed by atoms with E-state index in [4.69, 9.17) is 22.7 Å². The Morgan fingerprint density at radius 1 is 1.20 bits per heavy atom. The lowest BCUT2D eigenvalue weighted by Gasteiger charge is -2.12. The summed E-state index contributed by atoms with van der Waals surface area (Å²) < 4.78 is 19.4. The molecule has 2 aromatic carbocycles. The fraction of sp³-hybridized carbons (Fsp3) is 0.188. The zero-order valence-corrected chi connectivity index (χ0v) is 12.3. The maximum absolute atomic E-state index is 13.7. The van der Waals surface area contributed by atoms with E-state index in [9.17, 15) is 4.39 Å². The number of thiocarbonyl (C=S) groups is 1. The molecule has 0 aliphatic carbocycles. The molecule has 0 saturated carbocycles. The maximum Gasteiger partial charge on any atom is 0.137 e. The first kappa shape index (κ1) is 14.5. The maximum atomic E-state index is 13.7. The lowest BCUT2D eigenvalue weighted by atomic mass is 10.0. The summed E-state index contributed by atoms with van der Waals surface area (Å²) in [5.41, 5.74) is 9.09. The Bertz CT molecular complexity index is 635. The summed E-state index contributed by atoms with van der Waals surface area (Å²) >= 11 is 4.77. The van der Waals surface area contributed by atoms with Crippen molar-refractivity contribution in [1.29, 1.82) is 0 Å². The molecule has 20 heavy (non-hydrogen) atoms. The molecule has 0 bridgehead atoms. The van der Waals surface area contributed by atoms with Crippen LogP contribution < -0.4 is 10.5 Å². The van der Waals surface area contributed by atoms with Crippen LogP contribution in [0, 0.1) is 19.7 Å². The van der Waals surface area contributed by atoms with Crippen molar-refractivity contribution in [2.24, 2.45) is 5.73 Å². The summed E-state index contributed by atoms with van der Waals surface area (Å²) in [5, 5.41) is 0. The van der Waals surface area contributed by atoms with Crippen LogP contribution in [0.25, 0.3) is 0 Å². The molecule has 0 unspecified atom stereocenters. The van der Waals surface area contributed by atoms with Crippen molar-refractivity contribution < 1.29 is 9.13 Å². The van der Waals surface area contributed by atoms with Gasteiger partial charge >= 0.3 is 0 Å².